The maximum absolute atomic E-state index is 12.0. The summed E-state index contributed by atoms with van der Waals surface area (Å²) < 4.78 is 0. The highest BCUT2D eigenvalue weighted by molar-refractivity contribution is 5.77. The Labute approximate surface area is 92.4 Å². The molecule has 4 nitrogen and oxygen atoms in total. The van der Waals surface area contributed by atoms with Gasteiger partial charge in [0.15, 0.2) is 0 Å². The smallest absolute Gasteiger partial charge is 0.224 e. The van der Waals surface area contributed by atoms with Crippen LogP contribution in [0, 0.1) is 0 Å². The van der Waals surface area contributed by atoms with E-state index in [0.717, 1.165) is 19.6 Å². The van der Waals surface area contributed by atoms with Crippen molar-refractivity contribution in [2.24, 2.45) is 5.73 Å². The van der Waals surface area contributed by atoms with Crippen LogP contribution < -0.4 is 5.73 Å². The molecule has 1 unspecified atom stereocenters. The molecule has 1 atom stereocenters. The number of likely N-dealkylation sites (N-methyl/N-ethyl adjacent to an activating group) is 1. The largest absolute Gasteiger partial charge is 0.337 e. The van der Waals surface area contributed by atoms with Gasteiger partial charge < -0.3 is 15.5 Å². The van der Waals surface area contributed by atoms with Gasteiger partial charge in [0.1, 0.15) is 0 Å². The lowest BCUT2D eigenvalue weighted by atomic mass is 10.0. The summed E-state index contributed by atoms with van der Waals surface area (Å²) in [5, 5.41) is 0. The molecule has 0 spiro atoms. The number of amides is 1. The number of nitrogens with zero attached hydrogens (tertiary/aromatic N) is 2. The van der Waals surface area contributed by atoms with Gasteiger partial charge in [0.05, 0.1) is 0 Å². The van der Waals surface area contributed by atoms with E-state index < -0.39 is 5.54 Å². The number of rotatable bonds is 2. The summed E-state index contributed by atoms with van der Waals surface area (Å²) >= 11 is 0. The van der Waals surface area contributed by atoms with Crippen LogP contribution in [0.2, 0.25) is 0 Å². The first kappa shape index (κ1) is 12.5. The van der Waals surface area contributed by atoms with Crippen LogP contribution in [-0.4, -0.2) is 54.0 Å². The fourth-order valence-electron chi connectivity index (χ4n) is 2.00. The van der Waals surface area contributed by atoms with Crippen LogP contribution in [0.3, 0.4) is 0 Å². The number of piperazine rings is 1. The number of nitrogens with two attached hydrogens (primary N) is 1. The van der Waals surface area contributed by atoms with Crippen molar-refractivity contribution in [3.05, 3.63) is 0 Å². The summed E-state index contributed by atoms with van der Waals surface area (Å²) in [4.78, 5) is 16.2. The quantitative estimate of drug-likeness (QED) is 0.716. The fourth-order valence-corrected chi connectivity index (χ4v) is 2.00. The Morgan fingerprint density at radius 2 is 2.07 bits per heavy atom. The Morgan fingerprint density at radius 3 is 2.53 bits per heavy atom. The van der Waals surface area contributed by atoms with Gasteiger partial charge in [0.2, 0.25) is 5.91 Å². The zero-order valence-corrected chi connectivity index (χ0v) is 10.3. The van der Waals surface area contributed by atoms with Crippen LogP contribution in [-0.2, 0) is 4.79 Å². The molecule has 0 aromatic rings. The molecule has 15 heavy (non-hydrogen) atoms. The maximum Gasteiger partial charge on any atom is 0.224 e. The van der Waals surface area contributed by atoms with E-state index in [1.54, 1.807) is 0 Å². The lowest BCUT2D eigenvalue weighted by Crippen LogP contribution is -2.54. The van der Waals surface area contributed by atoms with Crippen molar-refractivity contribution >= 4 is 5.91 Å². The fraction of sp³-hybridized carbons (Fsp3) is 0.909. The molecular weight excluding hydrogens is 190 g/mol. The molecule has 1 aliphatic heterocycles. The molecule has 0 bridgehead atoms. The van der Waals surface area contributed by atoms with Gasteiger partial charge >= 0.3 is 0 Å². The first-order valence-electron chi connectivity index (χ1n) is 5.56. The predicted molar refractivity (Wildman–Crippen MR) is 61.6 cm³/mol. The molecule has 1 heterocycles. The highest BCUT2D eigenvalue weighted by Gasteiger charge is 2.28. The summed E-state index contributed by atoms with van der Waals surface area (Å²) in [6, 6.07) is 0.304. The third-order valence-corrected chi connectivity index (χ3v) is 2.76. The normalized spacial score (nSPS) is 24.3. The number of carbonyl (C=O) groups excluding carboxylic acids is 1. The summed E-state index contributed by atoms with van der Waals surface area (Å²) in [6.07, 6.45) is 0.432. The number of carbonyl (C=O) groups is 1. The lowest BCUT2D eigenvalue weighted by molar-refractivity contribution is -0.136. The van der Waals surface area contributed by atoms with E-state index in [4.69, 9.17) is 5.73 Å². The van der Waals surface area contributed by atoms with Gasteiger partial charge in [-0.25, -0.2) is 0 Å². The average Bonchev–Trinajstić information content (AvgIpc) is 1.99. The summed E-state index contributed by atoms with van der Waals surface area (Å²) in [6.45, 7) is 8.62. The molecule has 1 rings (SSSR count). The molecule has 0 radical (unpaired) electrons. The first-order chi connectivity index (χ1) is 6.79. The van der Waals surface area contributed by atoms with Crippen LogP contribution in [0.1, 0.15) is 27.2 Å². The van der Waals surface area contributed by atoms with Gasteiger partial charge in [-0.3, -0.25) is 4.79 Å². The predicted octanol–water partition coefficient (Wildman–Crippen LogP) is 0.276. The van der Waals surface area contributed by atoms with Crippen molar-refractivity contribution in [3.8, 4) is 0 Å². The topological polar surface area (TPSA) is 49.6 Å². The molecule has 1 saturated heterocycles. The van der Waals surface area contributed by atoms with Gasteiger partial charge in [0.25, 0.3) is 0 Å². The SMILES string of the molecule is CC1CN(C)CCN1C(=O)CC(C)(C)N. The van der Waals surface area contributed by atoms with E-state index in [-0.39, 0.29) is 5.91 Å². The van der Waals surface area contributed by atoms with Crippen LogP contribution in [0.5, 0.6) is 0 Å². The van der Waals surface area contributed by atoms with E-state index in [2.05, 4.69) is 18.9 Å². The minimum atomic E-state index is -0.403. The zero-order chi connectivity index (χ0) is 11.6. The Morgan fingerprint density at radius 1 is 1.47 bits per heavy atom. The van der Waals surface area contributed by atoms with Gasteiger partial charge in [0, 0.05) is 37.6 Å². The second-order valence-corrected chi connectivity index (χ2v) is 5.36. The standard InChI is InChI=1S/C11H23N3O/c1-9-8-13(4)5-6-14(9)10(15)7-11(2,3)12/h9H,5-8,12H2,1-4H3. The van der Waals surface area contributed by atoms with E-state index in [1.165, 1.54) is 0 Å². The molecule has 0 aromatic heterocycles. The van der Waals surface area contributed by atoms with Crippen LogP contribution in [0.25, 0.3) is 0 Å². The second kappa shape index (κ2) is 4.49. The van der Waals surface area contributed by atoms with E-state index in [9.17, 15) is 4.79 Å². The van der Waals surface area contributed by atoms with Crippen molar-refractivity contribution in [2.45, 2.75) is 38.8 Å². The molecule has 1 fully saturated rings. The monoisotopic (exact) mass is 213 g/mol. The van der Waals surface area contributed by atoms with E-state index in [1.807, 2.05) is 18.7 Å². The molecule has 1 amide bonds. The van der Waals surface area contributed by atoms with Crippen molar-refractivity contribution < 1.29 is 4.79 Å². The number of hydrogen-bond donors (Lipinski definition) is 1. The van der Waals surface area contributed by atoms with Crippen LogP contribution >= 0.6 is 0 Å². The van der Waals surface area contributed by atoms with Gasteiger partial charge in [-0.1, -0.05) is 0 Å². The first-order valence-corrected chi connectivity index (χ1v) is 5.56. The summed E-state index contributed by atoms with van der Waals surface area (Å²) in [5.41, 5.74) is 5.46. The van der Waals surface area contributed by atoms with Crippen molar-refractivity contribution in [1.82, 2.24) is 9.80 Å². The van der Waals surface area contributed by atoms with Gasteiger partial charge in [-0.2, -0.15) is 0 Å². The van der Waals surface area contributed by atoms with Crippen molar-refractivity contribution in [3.63, 3.8) is 0 Å². The minimum Gasteiger partial charge on any atom is -0.337 e. The Hall–Kier alpha value is -0.610. The van der Waals surface area contributed by atoms with Crippen LogP contribution in [0.4, 0.5) is 0 Å². The Bertz CT molecular complexity index is 234. The van der Waals surface area contributed by atoms with E-state index in [0.29, 0.717) is 12.5 Å². The molecule has 4 heteroatoms. The molecule has 1 aliphatic rings. The molecule has 0 aliphatic carbocycles. The molecule has 2 N–H and O–H groups in total. The van der Waals surface area contributed by atoms with Crippen molar-refractivity contribution in [2.75, 3.05) is 26.7 Å². The molecule has 0 aromatic carbocycles. The lowest BCUT2D eigenvalue weighted by Gasteiger charge is -2.39. The van der Waals surface area contributed by atoms with E-state index >= 15 is 0 Å². The van der Waals surface area contributed by atoms with Gasteiger partial charge in [-0.15, -0.1) is 0 Å². The summed E-state index contributed by atoms with van der Waals surface area (Å²) in [7, 11) is 2.09. The second-order valence-electron chi connectivity index (χ2n) is 5.36. The third-order valence-electron chi connectivity index (χ3n) is 2.76. The number of hydrogen-bond acceptors (Lipinski definition) is 3. The van der Waals surface area contributed by atoms with Gasteiger partial charge in [-0.05, 0) is 27.8 Å². The zero-order valence-electron chi connectivity index (χ0n) is 10.3. The molecule has 88 valence electrons. The molecule has 0 saturated carbocycles. The van der Waals surface area contributed by atoms with Crippen LogP contribution in [0.15, 0.2) is 0 Å². The third kappa shape index (κ3) is 3.80. The minimum absolute atomic E-state index is 0.183. The summed E-state index contributed by atoms with van der Waals surface area (Å²) in [5.74, 6) is 0.183. The Kier molecular flexibility index (Phi) is 3.73. The highest BCUT2D eigenvalue weighted by Crippen LogP contribution is 2.13. The Balaban J connectivity index is 2.53. The average molecular weight is 213 g/mol. The van der Waals surface area contributed by atoms with Crippen molar-refractivity contribution in [1.29, 1.82) is 0 Å². The highest BCUT2D eigenvalue weighted by atomic mass is 16.2. The molecular formula is C11H23N3O. The maximum atomic E-state index is 12.0.